The molecule has 0 unspecified atom stereocenters. The fraction of sp³-hybridized carbons (Fsp3) is 0.278. The first kappa shape index (κ1) is 18.0. The molecule has 2 aromatic carbocycles. The molecule has 0 saturated carbocycles. The van der Waals surface area contributed by atoms with Gasteiger partial charge in [0, 0.05) is 54.2 Å². The summed E-state index contributed by atoms with van der Waals surface area (Å²) in [6.45, 7) is 4.26. The van der Waals surface area contributed by atoms with E-state index in [1.807, 2.05) is 24.3 Å². The van der Waals surface area contributed by atoms with Crippen molar-refractivity contribution in [3.05, 3.63) is 63.2 Å². The zero-order valence-electron chi connectivity index (χ0n) is 14.3. The third kappa shape index (κ3) is 4.05. The molecule has 26 heavy (non-hydrogen) atoms. The molecule has 136 valence electrons. The van der Waals surface area contributed by atoms with Crippen molar-refractivity contribution in [3.63, 3.8) is 0 Å². The number of carbonyl (C=O) groups is 1. The second kappa shape index (κ2) is 7.61. The molecule has 8 heteroatoms. The largest absolute Gasteiger partial charge is 0.368 e. The monoisotopic (exact) mass is 374 g/mol. The summed E-state index contributed by atoms with van der Waals surface area (Å²) in [5.41, 5.74) is 2.15. The van der Waals surface area contributed by atoms with Gasteiger partial charge in [-0.15, -0.1) is 0 Å². The van der Waals surface area contributed by atoms with Gasteiger partial charge in [0.1, 0.15) is 0 Å². The Balaban J connectivity index is 1.58. The first-order valence-corrected chi connectivity index (χ1v) is 8.63. The molecule has 1 aliphatic rings. The molecule has 1 fully saturated rings. The molecule has 3 rings (SSSR count). The second-order valence-electron chi connectivity index (χ2n) is 6.14. The minimum absolute atomic E-state index is 0.0399. The Labute approximate surface area is 156 Å². The van der Waals surface area contributed by atoms with Crippen LogP contribution < -0.4 is 10.2 Å². The van der Waals surface area contributed by atoms with Crippen molar-refractivity contribution in [1.82, 2.24) is 4.90 Å². The highest BCUT2D eigenvalue weighted by Gasteiger charge is 2.22. The Morgan fingerprint density at radius 3 is 2.50 bits per heavy atom. The lowest BCUT2D eigenvalue weighted by Gasteiger charge is -2.36. The van der Waals surface area contributed by atoms with Crippen LogP contribution in [0.25, 0.3) is 0 Å². The predicted octanol–water partition coefficient (Wildman–Crippen LogP) is 3.91. The third-order valence-corrected chi connectivity index (χ3v) is 4.62. The molecule has 0 atom stereocenters. The highest BCUT2D eigenvalue weighted by molar-refractivity contribution is 6.30. The van der Waals surface area contributed by atoms with E-state index in [1.165, 1.54) is 6.07 Å². The average Bonchev–Trinajstić information content (AvgIpc) is 2.61. The molecule has 1 aliphatic heterocycles. The second-order valence-corrected chi connectivity index (χ2v) is 6.58. The van der Waals surface area contributed by atoms with E-state index in [2.05, 4.69) is 10.2 Å². The maximum absolute atomic E-state index is 12.4. The van der Waals surface area contributed by atoms with E-state index < -0.39 is 4.92 Å². The quantitative estimate of drug-likeness (QED) is 0.652. The van der Waals surface area contributed by atoms with Crippen LogP contribution in [0.1, 0.15) is 5.56 Å². The molecule has 0 spiro atoms. The number of piperazine rings is 1. The van der Waals surface area contributed by atoms with Crippen LogP contribution >= 0.6 is 11.6 Å². The fourth-order valence-corrected chi connectivity index (χ4v) is 3.17. The molecule has 1 N–H and O–H groups in total. The molecule has 2 aromatic rings. The van der Waals surface area contributed by atoms with Crippen LogP contribution in [0.3, 0.4) is 0 Å². The van der Waals surface area contributed by atoms with E-state index in [-0.39, 0.29) is 11.7 Å². The van der Waals surface area contributed by atoms with Gasteiger partial charge in [0.15, 0.2) is 0 Å². The highest BCUT2D eigenvalue weighted by Crippen LogP contribution is 2.23. The fourth-order valence-electron chi connectivity index (χ4n) is 2.98. The third-order valence-electron chi connectivity index (χ3n) is 4.38. The summed E-state index contributed by atoms with van der Waals surface area (Å²) in [5, 5.41) is 14.4. The minimum Gasteiger partial charge on any atom is -0.368 e. The van der Waals surface area contributed by atoms with E-state index >= 15 is 0 Å². The molecule has 0 bridgehead atoms. The van der Waals surface area contributed by atoms with E-state index in [9.17, 15) is 14.9 Å². The number of carbonyl (C=O) groups excluding carboxylic acids is 1. The van der Waals surface area contributed by atoms with Gasteiger partial charge in [-0.25, -0.2) is 4.79 Å². The standard InChI is InChI=1S/C18H19ClN4O3/c1-13-11-15(5-6-17(13)23(25)26)20-18(24)22-9-7-21(8-10-22)16-4-2-3-14(19)12-16/h2-6,11-12H,7-10H2,1H3,(H,20,24). The van der Waals surface area contributed by atoms with Gasteiger partial charge < -0.3 is 15.1 Å². The number of benzene rings is 2. The molecule has 0 aliphatic carbocycles. The van der Waals surface area contributed by atoms with Gasteiger partial charge in [-0.3, -0.25) is 10.1 Å². The molecule has 7 nitrogen and oxygen atoms in total. The zero-order valence-corrected chi connectivity index (χ0v) is 15.1. The molecule has 2 amide bonds. The van der Waals surface area contributed by atoms with Crippen molar-refractivity contribution < 1.29 is 9.72 Å². The average molecular weight is 375 g/mol. The molecular weight excluding hydrogens is 356 g/mol. The van der Waals surface area contributed by atoms with E-state index in [1.54, 1.807) is 24.0 Å². The number of halogens is 1. The van der Waals surface area contributed by atoms with Crippen LogP contribution in [0, 0.1) is 17.0 Å². The number of hydrogen-bond donors (Lipinski definition) is 1. The van der Waals surface area contributed by atoms with Crippen molar-refractivity contribution in [2.75, 3.05) is 36.4 Å². The lowest BCUT2D eigenvalue weighted by atomic mass is 10.2. The number of amides is 2. The van der Waals surface area contributed by atoms with Crippen molar-refractivity contribution in [2.45, 2.75) is 6.92 Å². The number of hydrogen-bond acceptors (Lipinski definition) is 4. The van der Waals surface area contributed by atoms with Gasteiger partial charge in [0.25, 0.3) is 5.69 Å². The number of anilines is 2. The first-order valence-electron chi connectivity index (χ1n) is 8.25. The Hall–Kier alpha value is -2.80. The first-order chi connectivity index (χ1) is 12.4. The molecule has 1 saturated heterocycles. The number of rotatable bonds is 3. The van der Waals surface area contributed by atoms with Crippen LogP contribution in [0.4, 0.5) is 21.9 Å². The zero-order chi connectivity index (χ0) is 18.7. The van der Waals surface area contributed by atoms with Gasteiger partial charge in [0.05, 0.1) is 4.92 Å². The number of nitrogens with zero attached hydrogens (tertiary/aromatic N) is 3. The normalized spacial score (nSPS) is 14.2. The molecule has 0 aromatic heterocycles. The van der Waals surface area contributed by atoms with Gasteiger partial charge >= 0.3 is 6.03 Å². The van der Waals surface area contributed by atoms with Crippen molar-refractivity contribution in [1.29, 1.82) is 0 Å². The Morgan fingerprint density at radius 1 is 1.15 bits per heavy atom. The van der Waals surface area contributed by atoms with Crippen molar-refractivity contribution in [2.24, 2.45) is 0 Å². The maximum atomic E-state index is 12.4. The van der Waals surface area contributed by atoms with E-state index in [0.717, 1.165) is 5.69 Å². The van der Waals surface area contributed by atoms with E-state index in [4.69, 9.17) is 11.6 Å². The number of nitro benzene ring substituents is 1. The Kier molecular flexibility index (Phi) is 5.27. The van der Waals surface area contributed by atoms with Crippen LogP contribution in [-0.2, 0) is 0 Å². The molecule has 0 radical (unpaired) electrons. The lowest BCUT2D eigenvalue weighted by Crippen LogP contribution is -2.50. The molecule has 1 heterocycles. The number of urea groups is 1. The Bertz CT molecular complexity index is 835. The summed E-state index contributed by atoms with van der Waals surface area (Å²) in [7, 11) is 0. The number of aryl methyl sites for hydroxylation is 1. The summed E-state index contributed by atoms with van der Waals surface area (Å²) in [4.78, 5) is 26.8. The molecular formula is C18H19ClN4O3. The highest BCUT2D eigenvalue weighted by atomic mass is 35.5. The van der Waals surface area contributed by atoms with Gasteiger partial charge in [-0.05, 0) is 37.3 Å². The van der Waals surface area contributed by atoms with Gasteiger partial charge in [-0.1, -0.05) is 17.7 Å². The van der Waals surface area contributed by atoms with Gasteiger partial charge in [-0.2, -0.15) is 0 Å². The summed E-state index contributed by atoms with van der Waals surface area (Å²) in [6.07, 6.45) is 0. The SMILES string of the molecule is Cc1cc(NC(=O)N2CCN(c3cccc(Cl)c3)CC2)ccc1[N+](=O)[O-]. The summed E-state index contributed by atoms with van der Waals surface area (Å²) < 4.78 is 0. The minimum atomic E-state index is -0.435. The number of nitrogens with one attached hydrogen (secondary N) is 1. The predicted molar refractivity (Wildman–Crippen MR) is 102 cm³/mol. The van der Waals surface area contributed by atoms with Crippen LogP contribution in [-0.4, -0.2) is 42.0 Å². The lowest BCUT2D eigenvalue weighted by molar-refractivity contribution is -0.385. The summed E-state index contributed by atoms with van der Waals surface area (Å²) >= 11 is 6.03. The van der Waals surface area contributed by atoms with Crippen molar-refractivity contribution >= 4 is 34.7 Å². The van der Waals surface area contributed by atoms with Crippen molar-refractivity contribution in [3.8, 4) is 0 Å². The Morgan fingerprint density at radius 2 is 1.88 bits per heavy atom. The topological polar surface area (TPSA) is 78.7 Å². The summed E-state index contributed by atoms with van der Waals surface area (Å²) in [6, 6.07) is 12.0. The van der Waals surface area contributed by atoms with Crippen LogP contribution in [0.15, 0.2) is 42.5 Å². The van der Waals surface area contributed by atoms with Crippen LogP contribution in [0.2, 0.25) is 5.02 Å². The van der Waals surface area contributed by atoms with Crippen LogP contribution in [0.5, 0.6) is 0 Å². The van der Waals surface area contributed by atoms with Gasteiger partial charge in [0.2, 0.25) is 0 Å². The van der Waals surface area contributed by atoms with E-state index in [0.29, 0.717) is 42.5 Å². The maximum Gasteiger partial charge on any atom is 0.321 e. The smallest absolute Gasteiger partial charge is 0.321 e. The summed E-state index contributed by atoms with van der Waals surface area (Å²) in [5.74, 6) is 0. The number of nitro groups is 1.